The average molecular weight is 434 g/mol. The molecule has 5 rings (SSSR count). The number of aromatic nitrogens is 3. The van der Waals surface area contributed by atoms with E-state index in [0.717, 1.165) is 37.3 Å². The molecule has 1 aliphatic carbocycles. The van der Waals surface area contributed by atoms with E-state index in [2.05, 4.69) is 15.2 Å². The number of amides is 1. The summed E-state index contributed by atoms with van der Waals surface area (Å²) in [5, 5.41) is 7.40. The highest BCUT2D eigenvalue weighted by molar-refractivity contribution is 7.89. The molecule has 0 bridgehead atoms. The van der Waals surface area contributed by atoms with Crippen molar-refractivity contribution in [2.45, 2.75) is 62.2 Å². The van der Waals surface area contributed by atoms with Crippen LogP contribution in [0.4, 0.5) is 0 Å². The summed E-state index contributed by atoms with van der Waals surface area (Å²) in [4.78, 5) is 19.4. The fraction of sp³-hybridized carbons (Fsp3) is 0.650. The van der Waals surface area contributed by atoms with Gasteiger partial charge in [0.25, 0.3) is 5.91 Å². The number of hydrogen-bond donors (Lipinski definition) is 1. The Morgan fingerprint density at radius 2 is 1.80 bits per heavy atom. The molecule has 30 heavy (non-hydrogen) atoms. The Kier molecular flexibility index (Phi) is 4.93. The van der Waals surface area contributed by atoms with Gasteiger partial charge in [-0.25, -0.2) is 13.4 Å². The van der Waals surface area contributed by atoms with Crippen LogP contribution < -0.4 is 0 Å². The van der Waals surface area contributed by atoms with Gasteiger partial charge < -0.3 is 9.32 Å². The number of carbonyl (C=O) groups excluding carboxylic acids is 1. The molecule has 2 aromatic rings. The molecule has 1 N–H and O–H groups in total. The van der Waals surface area contributed by atoms with Crippen molar-refractivity contribution >= 4 is 15.9 Å². The number of hydrogen-bond acceptors (Lipinski definition) is 6. The summed E-state index contributed by atoms with van der Waals surface area (Å²) in [5.74, 6) is 2.73. The van der Waals surface area contributed by atoms with Crippen molar-refractivity contribution in [2.24, 2.45) is 0 Å². The van der Waals surface area contributed by atoms with Crippen LogP contribution in [-0.2, 0) is 10.0 Å². The van der Waals surface area contributed by atoms with Crippen molar-refractivity contribution in [3.63, 3.8) is 0 Å². The number of furan rings is 1. The van der Waals surface area contributed by atoms with Gasteiger partial charge in [-0.15, -0.1) is 0 Å². The number of H-pyrrole nitrogens is 1. The zero-order chi connectivity index (χ0) is 20.9. The lowest BCUT2D eigenvalue weighted by Gasteiger charge is -2.30. The van der Waals surface area contributed by atoms with E-state index in [-0.39, 0.29) is 28.2 Å². The highest BCUT2D eigenvalue weighted by Crippen LogP contribution is 2.38. The van der Waals surface area contributed by atoms with Crippen LogP contribution in [0.3, 0.4) is 0 Å². The van der Waals surface area contributed by atoms with Crippen LogP contribution in [0, 0.1) is 6.92 Å². The van der Waals surface area contributed by atoms with E-state index in [1.54, 1.807) is 11.8 Å². The number of aryl methyl sites for hydroxylation is 1. The number of sulfonamides is 1. The third-order valence-electron chi connectivity index (χ3n) is 6.40. The average Bonchev–Trinajstić information content (AvgIpc) is 3.17. The van der Waals surface area contributed by atoms with Gasteiger partial charge in [0.15, 0.2) is 11.6 Å². The summed E-state index contributed by atoms with van der Waals surface area (Å²) >= 11 is 0. The minimum atomic E-state index is -3.61. The highest BCUT2D eigenvalue weighted by atomic mass is 32.2. The van der Waals surface area contributed by atoms with Crippen LogP contribution in [-0.4, -0.2) is 64.9 Å². The first-order valence-electron chi connectivity index (χ1n) is 10.8. The maximum Gasteiger partial charge on any atom is 0.289 e. The van der Waals surface area contributed by atoms with Crippen LogP contribution >= 0.6 is 0 Å². The van der Waals surface area contributed by atoms with Crippen molar-refractivity contribution in [1.82, 2.24) is 24.4 Å². The summed E-state index contributed by atoms with van der Waals surface area (Å²) in [5.41, 5.74) is 0. The SMILES string of the molecule is Cc1oc(C(=O)N2CCC(c3nc(C4CC4)n[nH]3)CC2)cc1S(=O)(=O)N1CCCC1. The summed E-state index contributed by atoms with van der Waals surface area (Å²) in [7, 11) is -3.61. The van der Waals surface area contributed by atoms with Gasteiger partial charge in [-0.05, 0) is 45.4 Å². The maximum atomic E-state index is 12.9. The first-order valence-corrected chi connectivity index (χ1v) is 12.2. The van der Waals surface area contributed by atoms with Crippen molar-refractivity contribution < 1.29 is 17.6 Å². The van der Waals surface area contributed by atoms with Gasteiger partial charge in [0.2, 0.25) is 10.0 Å². The highest BCUT2D eigenvalue weighted by Gasteiger charge is 2.34. The van der Waals surface area contributed by atoms with Crippen LogP contribution in [0.2, 0.25) is 0 Å². The lowest BCUT2D eigenvalue weighted by molar-refractivity contribution is 0.0677. The van der Waals surface area contributed by atoms with E-state index in [9.17, 15) is 13.2 Å². The molecule has 162 valence electrons. The normalized spacial score (nSPS) is 21.4. The van der Waals surface area contributed by atoms with Crippen LogP contribution in [0.25, 0.3) is 0 Å². The number of likely N-dealkylation sites (tertiary alicyclic amines) is 1. The molecule has 9 nitrogen and oxygen atoms in total. The number of carbonyl (C=O) groups is 1. The molecule has 4 heterocycles. The molecule has 0 unspecified atom stereocenters. The molecule has 1 amide bonds. The zero-order valence-corrected chi connectivity index (χ0v) is 17.9. The van der Waals surface area contributed by atoms with E-state index < -0.39 is 10.0 Å². The Balaban J connectivity index is 1.25. The molecule has 1 saturated carbocycles. The predicted octanol–water partition coefficient (Wildman–Crippen LogP) is 2.39. The standard InChI is InChI=1S/C20H27N5O4S/c1-13-17(30(27,28)25-8-2-3-9-25)12-16(29-13)20(26)24-10-6-15(7-11-24)19-21-18(22-23-19)14-4-5-14/h12,14-15H,2-11H2,1H3,(H,21,22,23). The lowest BCUT2D eigenvalue weighted by Crippen LogP contribution is -2.38. The third kappa shape index (κ3) is 3.56. The van der Waals surface area contributed by atoms with Crippen molar-refractivity contribution in [3.05, 3.63) is 29.2 Å². The van der Waals surface area contributed by atoms with Crippen molar-refractivity contribution in [1.29, 1.82) is 0 Å². The number of nitrogens with zero attached hydrogens (tertiary/aromatic N) is 4. The van der Waals surface area contributed by atoms with Crippen LogP contribution in [0.15, 0.2) is 15.4 Å². The fourth-order valence-corrected chi connectivity index (χ4v) is 6.08. The maximum absolute atomic E-state index is 12.9. The Labute approximate surface area is 175 Å². The summed E-state index contributed by atoms with van der Waals surface area (Å²) in [6.45, 7) is 3.81. The van der Waals surface area contributed by atoms with Gasteiger partial charge in [0.1, 0.15) is 16.5 Å². The van der Waals surface area contributed by atoms with Gasteiger partial charge in [-0.3, -0.25) is 9.89 Å². The van der Waals surface area contributed by atoms with E-state index in [0.29, 0.717) is 32.1 Å². The molecule has 0 atom stereocenters. The molecule has 2 saturated heterocycles. The number of nitrogens with one attached hydrogen (secondary N) is 1. The molecule has 0 radical (unpaired) electrons. The number of rotatable bonds is 5. The van der Waals surface area contributed by atoms with Gasteiger partial charge in [0, 0.05) is 44.1 Å². The van der Waals surface area contributed by atoms with Gasteiger partial charge in [-0.2, -0.15) is 9.40 Å². The molecule has 2 aliphatic heterocycles. The molecule has 3 fully saturated rings. The topological polar surface area (TPSA) is 112 Å². The summed E-state index contributed by atoms with van der Waals surface area (Å²) in [6.07, 6.45) is 5.66. The second kappa shape index (κ2) is 7.49. The fourth-order valence-electron chi connectivity index (χ4n) is 4.40. The number of aromatic amines is 1. The molecule has 2 aromatic heterocycles. The van der Waals surface area contributed by atoms with Crippen LogP contribution in [0.1, 0.15) is 78.3 Å². The van der Waals surface area contributed by atoms with Crippen molar-refractivity contribution in [2.75, 3.05) is 26.2 Å². The van der Waals surface area contributed by atoms with Gasteiger partial charge in [-0.1, -0.05) is 0 Å². The summed E-state index contributed by atoms with van der Waals surface area (Å²) < 4.78 is 32.8. The Hall–Kier alpha value is -2.20. The third-order valence-corrected chi connectivity index (χ3v) is 8.40. The monoisotopic (exact) mass is 433 g/mol. The van der Waals surface area contributed by atoms with E-state index in [4.69, 9.17) is 4.42 Å². The minimum absolute atomic E-state index is 0.0967. The van der Waals surface area contributed by atoms with E-state index in [1.807, 2.05) is 0 Å². The van der Waals surface area contributed by atoms with Gasteiger partial charge >= 0.3 is 0 Å². The Morgan fingerprint density at radius 3 is 2.47 bits per heavy atom. The second-order valence-corrected chi connectivity index (χ2v) is 10.5. The minimum Gasteiger partial charge on any atom is -0.455 e. The largest absolute Gasteiger partial charge is 0.455 e. The van der Waals surface area contributed by atoms with E-state index >= 15 is 0 Å². The first-order chi connectivity index (χ1) is 14.4. The number of piperidine rings is 1. The van der Waals surface area contributed by atoms with Crippen LogP contribution in [0.5, 0.6) is 0 Å². The quantitative estimate of drug-likeness (QED) is 0.775. The van der Waals surface area contributed by atoms with E-state index in [1.165, 1.54) is 23.2 Å². The molecule has 10 heteroatoms. The Morgan fingerprint density at radius 1 is 1.10 bits per heavy atom. The predicted molar refractivity (Wildman–Crippen MR) is 108 cm³/mol. The molecule has 0 spiro atoms. The first kappa shape index (κ1) is 19.7. The Bertz CT molecular complexity index is 1040. The molecular formula is C20H27N5O4S. The zero-order valence-electron chi connectivity index (χ0n) is 17.1. The summed E-state index contributed by atoms with van der Waals surface area (Å²) in [6, 6.07) is 1.40. The van der Waals surface area contributed by atoms with Crippen molar-refractivity contribution in [3.8, 4) is 0 Å². The lowest BCUT2D eigenvalue weighted by atomic mass is 9.96. The molecule has 3 aliphatic rings. The smallest absolute Gasteiger partial charge is 0.289 e. The molecular weight excluding hydrogens is 406 g/mol. The van der Waals surface area contributed by atoms with Gasteiger partial charge in [0.05, 0.1) is 0 Å². The second-order valence-electron chi connectivity index (χ2n) is 8.56. The molecule has 0 aromatic carbocycles.